The topological polar surface area (TPSA) is 58.6 Å². The van der Waals surface area contributed by atoms with E-state index in [9.17, 15) is 9.59 Å². The van der Waals surface area contributed by atoms with Crippen molar-refractivity contribution in [3.8, 4) is 5.75 Å². The van der Waals surface area contributed by atoms with Crippen LogP contribution in [0.3, 0.4) is 0 Å². The molecule has 0 aromatic heterocycles. The van der Waals surface area contributed by atoms with E-state index in [4.69, 9.17) is 4.74 Å². The minimum atomic E-state index is -0.379. The van der Waals surface area contributed by atoms with Gasteiger partial charge in [0.15, 0.2) is 0 Å². The highest BCUT2D eigenvalue weighted by Crippen LogP contribution is 2.36. The van der Waals surface area contributed by atoms with Crippen molar-refractivity contribution in [2.24, 2.45) is 0 Å². The van der Waals surface area contributed by atoms with Crippen LogP contribution in [0.2, 0.25) is 0 Å². The molecular formula is C30H32N2O3. The van der Waals surface area contributed by atoms with Crippen LogP contribution in [-0.4, -0.2) is 18.4 Å². The van der Waals surface area contributed by atoms with E-state index in [0.717, 1.165) is 30.4 Å². The van der Waals surface area contributed by atoms with Gasteiger partial charge in [0.2, 0.25) is 0 Å². The number of amides is 2. The first-order valence-electron chi connectivity index (χ1n) is 12.2. The van der Waals surface area contributed by atoms with Crippen LogP contribution in [0.25, 0.3) is 5.57 Å². The monoisotopic (exact) mass is 468 g/mol. The minimum absolute atomic E-state index is 0.250. The number of imide groups is 1. The van der Waals surface area contributed by atoms with E-state index in [1.54, 1.807) is 0 Å². The molecular weight excluding hydrogens is 436 g/mol. The normalized spacial score (nSPS) is 13.5. The van der Waals surface area contributed by atoms with Gasteiger partial charge < -0.3 is 10.1 Å². The number of hydrogen-bond acceptors (Lipinski definition) is 4. The Labute approximate surface area is 207 Å². The lowest BCUT2D eigenvalue weighted by Gasteiger charge is -2.16. The van der Waals surface area contributed by atoms with Gasteiger partial charge in [-0.05, 0) is 80.1 Å². The van der Waals surface area contributed by atoms with Crippen molar-refractivity contribution in [2.75, 3.05) is 16.8 Å². The van der Waals surface area contributed by atoms with Crippen molar-refractivity contribution in [1.82, 2.24) is 0 Å². The van der Waals surface area contributed by atoms with Gasteiger partial charge >= 0.3 is 0 Å². The second-order valence-electron chi connectivity index (χ2n) is 8.82. The Morgan fingerprint density at radius 2 is 1.60 bits per heavy atom. The van der Waals surface area contributed by atoms with Gasteiger partial charge in [0.05, 0.1) is 23.6 Å². The number of hydrogen-bond donors (Lipinski definition) is 1. The number of ether oxygens (including phenoxy) is 1. The van der Waals surface area contributed by atoms with Crippen LogP contribution < -0.4 is 15.0 Å². The lowest BCUT2D eigenvalue weighted by Crippen LogP contribution is -2.32. The van der Waals surface area contributed by atoms with Crippen LogP contribution in [0.5, 0.6) is 5.75 Å². The first-order chi connectivity index (χ1) is 16.9. The molecule has 3 aromatic carbocycles. The molecule has 0 atom stereocenters. The summed E-state index contributed by atoms with van der Waals surface area (Å²) >= 11 is 0. The molecule has 0 unspecified atom stereocenters. The highest BCUT2D eigenvalue weighted by atomic mass is 16.5. The van der Waals surface area contributed by atoms with Gasteiger partial charge in [-0.3, -0.25) is 9.59 Å². The summed E-state index contributed by atoms with van der Waals surface area (Å²) in [6, 6.07) is 21.0. The molecule has 0 spiro atoms. The molecule has 4 rings (SSSR count). The Morgan fingerprint density at radius 1 is 0.857 bits per heavy atom. The Bertz CT molecular complexity index is 1280. The second-order valence-corrected chi connectivity index (χ2v) is 8.82. The zero-order chi connectivity index (χ0) is 24.9. The lowest BCUT2D eigenvalue weighted by atomic mass is 9.99. The summed E-state index contributed by atoms with van der Waals surface area (Å²) in [6.07, 6.45) is 3.20. The molecule has 5 nitrogen and oxygen atoms in total. The fourth-order valence-corrected chi connectivity index (χ4v) is 4.22. The van der Waals surface area contributed by atoms with E-state index < -0.39 is 0 Å². The molecule has 180 valence electrons. The maximum atomic E-state index is 13.8. The molecule has 0 saturated heterocycles. The Hall–Kier alpha value is -3.86. The standard InChI is InChI=1S/C30H32N2O3/c1-5-7-10-22-14-17-24(18-15-22)32-29(33)27(23-16-13-20(3)21(4)19-23)28(30(32)34)31-25-11-8-9-12-26(25)35-6-2/h8-9,11-19,31H,5-7,10H2,1-4H3. The Morgan fingerprint density at radius 3 is 2.29 bits per heavy atom. The van der Waals surface area contributed by atoms with Crippen molar-refractivity contribution in [3.63, 3.8) is 0 Å². The maximum absolute atomic E-state index is 13.8. The fourth-order valence-electron chi connectivity index (χ4n) is 4.22. The highest BCUT2D eigenvalue weighted by molar-refractivity contribution is 6.46. The van der Waals surface area contributed by atoms with Gasteiger partial charge in [0.25, 0.3) is 11.8 Å². The number of para-hydroxylation sites is 2. The maximum Gasteiger partial charge on any atom is 0.282 e. The molecule has 0 bridgehead atoms. The summed E-state index contributed by atoms with van der Waals surface area (Å²) in [6.45, 7) is 8.59. The summed E-state index contributed by atoms with van der Waals surface area (Å²) in [4.78, 5) is 28.7. The largest absolute Gasteiger partial charge is 0.492 e. The number of aryl methyl sites for hydroxylation is 3. The molecule has 0 aliphatic carbocycles. The summed E-state index contributed by atoms with van der Waals surface area (Å²) in [5.74, 6) is -0.0901. The van der Waals surface area contributed by atoms with Gasteiger partial charge in [-0.1, -0.05) is 55.8 Å². The molecule has 3 aromatic rings. The SMILES string of the molecule is CCCCc1ccc(N2C(=O)C(Nc3ccccc3OCC)=C(c3ccc(C)c(C)c3)C2=O)cc1. The number of carbonyl (C=O) groups excluding carboxylic acids is 2. The van der Waals surface area contributed by atoms with Crippen LogP contribution >= 0.6 is 0 Å². The molecule has 0 saturated carbocycles. The average Bonchev–Trinajstić information content (AvgIpc) is 3.10. The van der Waals surface area contributed by atoms with Gasteiger partial charge in [-0.15, -0.1) is 0 Å². The van der Waals surface area contributed by atoms with E-state index in [1.165, 1.54) is 10.5 Å². The molecule has 0 fully saturated rings. The van der Waals surface area contributed by atoms with Gasteiger partial charge in [0, 0.05) is 0 Å². The number of carbonyl (C=O) groups is 2. The number of benzene rings is 3. The van der Waals surface area contributed by atoms with E-state index in [-0.39, 0.29) is 17.5 Å². The molecule has 2 amide bonds. The first-order valence-corrected chi connectivity index (χ1v) is 12.2. The molecule has 1 aliphatic rings. The van der Waals surface area contributed by atoms with Crippen molar-refractivity contribution in [3.05, 3.63) is 94.7 Å². The van der Waals surface area contributed by atoms with Crippen LogP contribution in [0.15, 0.2) is 72.4 Å². The third kappa shape index (κ3) is 4.99. The van der Waals surface area contributed by atoms with E-state index in [1.807, 2.05) is 87.5 Å². The summed E-state index contributed by atoms with van der Waals surface area (Å²) < 4.78 is 5.75. The van der Waals surface area contributed by atoms with Gasteiger partial charge in [-0.25, -0.2) is 4.90 Å². The van der Waals surface area contributed by atoms with Crippen LogP contribution in [0, 0.1) is 13.8 Å². The van der Waals surface area contributed by atoms with Crippen LogP contribution in [-0.2, 0) is 16.0 Å². The van der Waals surface area contributed by atoms with E-state index in [2.05, 4.69) is 12.2 Å². The first kappa shape index (κ1) is 24.3. The molecule has 1 aliphatic heterocycles. The average molecular weight is 469 g/mol. The zero-order valence-electron chi connectivity index (χ0n) is 20.9. The highest BCUT2D eigenvalue weighted by Gasteiger charge is 2.40. The third-order valence-electron chi connectivity index (χ3n) is 6.34. The van der Waals surface area contributed by atoms with E-state index in [0.29, 0.717) is 34.9 Å². The minimum Gasteiger partial charge on any atom is -0.492 e. The number of rotatable bonds is 9. The Balaban J connectivity index is 1.77. The van der Waals surface area contributed by atoms with Crippen molar-refractivity contribution in [2.45, 2.75) is 47.0 Å². The van der Waals surface area contributed by atoms with Crippen molar-refractivity contribution in [1.29, 1.82) is 0 Å². The number of nitrogens with one attached hydrogen (secondary N) is 1. The van der Waals surface area contributed by atoms with E-state index >= 15 is 0 Å². The lowest BCUT2D eigenvalue weighted by molar-refractivity contribution is -0.120. The predicted molar refractivity (Wildman–Crippen MR) is 142 cm³/mol. The summed E-state index contributed by atoms with van der Waals surface area (Å²) in [5, 5.41) is 3.24. The fraction of sp³-hybridized carbons (Fsp3) is 0.267. The molecule has 35 heavy (non-hydrogen) atoms. The molecule has 0 radical (unpaired) electrons. The number of anilines is 2. The smallest absolute Gasteiger partial charge is 0.282 e. The number of nitrogens with zero attached hydrogens (tertiary/aromatic N) is 1. The number of unbranched alkanes of at least 4 members (excludes halogenated alkanes) is 1. The van der Waals surface area contributed by atoms with Gasteiger partial charge in [0.1, 0.15) is 11.4 Å². The summed E-state index contributed by atoms with van der Waals surface area (Å²) in [5.41, 5.74) is 5.91. The zero-order valence-corrected chi connectivity index (χ0v) is 20.9. The molecule has 5 heteroatoms. The van der Waals surface area contributed by atoms with Crippen molar-refractivity contribution >= 4 is 28.8 Å². The second kappa shape index (κ2) is 10.6. The predicted octanol–water partition coefficient (Wildman–Crippen LogP) is 6.44. The van der Waals surface area contributed by atoms with Crippen LogP contribution in [0.4, 0.5) is 11.4 Å². The van der Waals surface area contributed by atoms with Gasteiger partial charge in [-0.2, -0.15) is 0 Å². The van der Waals surface area contributed by atoms with Crippen molar-refractivity contribution < 1.29 is 14.3 Å². The third-order valence-corrected chi connectivity index (χ3v) is 6.34. The molecule has 1 heterocycles. The quantitative estimate of drug-likeness (QED) is 0.367. The Kier molecular flexibility index (Phi) is 7.35. The van der Waals surface area contributed by atoms with Crippen LogP contribution in [0.1, 0.15) is 48.9 Å². The summed E-state index contributed by atoms with van der Waals surface area (Å²) in [7, 11) is 0. The molecule has 1 N–H and O–H groups in total.